The van der Waals surface area contributed by atoms with Crippen LogP contribution < -0.4 is 27.4 Å². The summed E-state index contributed by atoms with van der Waals surface area (Å²) in [4.78, 5) is 60.6. The second-order valence-electron chi connectivity index (χ2n) is 7.91. The van der Waals surface area contributed by atoms with Gasteiger partial charge in [-0.2, -0.15) is 23.5 Å². The molecule has 3 amide bonds. The van der Waals surface area contributed by atoms with Crippen molar-refractivity contribution in [3.8, 4) is 0 Å². The number of carbonyl (C=O) groups excluding carboxylic acids is 3. The standard InChI is InChI=1S/C21H39N5O7S2/c1-34-11-8-15(24-18(29)13(23)6-7-17(27)28)20(31)25-14(5-3-4-10-22)19(30)26-16(21(32)33)9-12-35-2/h13-16H,3-12,22-23H2,1-2H3,(H,24,29)(H,25,31)(H,26,30)(H,27,28)(H,32,33). The van der Waals surface area contributed by atoms with Gasteiger partial charge in [0.05, 0.1) is 6.04 Å². The van der Waals surface area contributed by atoms with Crippen molar-refractivity contribution in [3.05, 3.63) is 0 Å². The highest BCUT2D eigenvalue weighted by Crippen LogP contribution is 2.08. The van der Waals surface area contributed by atoms with Gasteiger partial charge in [0, 0.05) is 6.42 Å². The van der Waals surface area contributed by atoms with Crippen molar-refractivity contribution < 1.29 is 34.2 Å². The second-order valence-corrected chi connectivity index (χ2v) is 9.88. The Hall–Kier alpha value is -2.03. The Kier molecular flexibility index (Phi) is 18.1. The number of aliphatic carboxylic acids is 2. The van der Waals surface area contributed by atoms with E-state index in [1.807, 2.05) is 12.5 Å². The van der Waals surface area contributed by atoms with Gasteiger partial charge in [-0.1, -0.05) is 0 Å². The fraction of sp³-hybridized carbons (Fsp3) is 0.762. The number of carboxylic acid groups (broad SMARTS) is 2. The predicted molar refractivity (Wildman–Crippen MR) is 137 cm³/mol. The highest BCUT2D eigenvalue weighted by molar-refractivity contribution is 7.98. The van der Waals surface area contributed by atoms with E-state index in [9.17, 15) is 29.1 Å². The zero-order valence-electron chi connectivity index (χ0n) is 20.3. The first-order valence-corrected chi connectivity index (χ1v) is 14.1. The largest absolute Gasteiger partial charge is 0.481 e. The maximum atomic E-state index is 13.0. The minimum Gasteiger partial charge on any atom is -0.481 e. The summed E-state index contributed by atoms with van der Waals surface area (Å²) < 4.78 is 0. The molecule has 0 aromatic carbocycles. The molecular formula is C21H39N5O7S2. The van der Waals surface area contributed by atoms with Crippen molar-refractivity contribution in [2.45, 2.75) is 69.1 Å². The number of hydrogen-bond donors (Lipinski definition) is 7. The van der Waals surface area contributed by atoms with Crippen LogP contribution in [0.5, 0.6) is 0 Å². The average Bonchev–Trinajstić information content (AvgIpc) is 2.81. The lowest BCUT2D eigenvalue weighted by molar-refractivity contribution is -0.142. The molecule has 0 aromatic heterocycles. The van der Waals surface area contributed by atoms with Crippen molar-refractivity contribution in [1.29, 1.82) is 0 Å². The van der Waals surface area contributed by atoms with Crippen molar-refractivity contribution >= 4 is 53.2 Å². The molecule has 0 saturated carbocycles. The Morgan fingerprint density at radius 2 is 1.23 bits per heavy atom. The summed E-state index contributed by atoms with van der Waals surface area (Å²) in [5.41, 5.74) is 11.3. The van der Waals surface area contributed by atoms with Gasteiger partial charge < -0.3 is 37.6 Å². The summed E-state index contributed by atoms with van der Waals surface area (Å²) in [7, 11) is 0. The Balaban J connectivity index is 5.41. The summed E-state index contributed by atoms with van der Waals surface area (Å²) >= 11 is 2.91. The molecule has 0 aliphatic rings. The number of thioether (sulfide) groups is 2. The van der Waals surface area contributed by atoms with Crippen LogP contribution in [0.3, 0.4) is 0 Å². The van der Waals surface area contributed by atoms with E-state index in [1.165, 1.54) is 23.5 Å². The molecule has 0 fully saturated rings. The third-order valence-electron chi connectivity index (χ3n) is 5.05. The van der Waals surface area contributed by atoms with Crippen LogP contribution in [0.15, 0.2) is 0 Å². The number of amides is 3. The highest BCUT2D eigenvalue weighted by Gasteiger charge is 2.30. The molecule has 0 aromatic rings. The normalized spacial score (nSPS) is 14.3. The van der Waals surface area contributed by atoms with Crippen LogP contribution >= 0.6 is 23.5 Å². The maximum Gasteiger partial charge on any atom is 0.326 e. The molecule has 9 N–H and O–H groups in total. The molecule has 0 aliphatic heterocycles. The molecule has 35 heavy (non-hydrogen) atoms. The molecular weight excluding hydrogens is 498 g/mol. The van der Waals surface area contributed by atoms with Crippen molar-refractivity contribution in [2.24, 2.45) is 11.5 Å². The highest BCUT2D eigenvalue weighted by atomic mass is 32.2. The minimum absolute atomic E-state index is 0.0885. The van der Waals surface area contributed by atoms with Gasteiger partial charge in [0.2, 0.25) is 17.7 Å². The van der Waals surface area contributed by atoms with Crippen LogP contribution in [-0.4, -0.2) is 94.6 Å². The van der Waals surface area contributed by atoms with Gasteiger partial charge in [0.15, 0.2) is 0 Å². The molecule has 4 atom stereocenters. The summed E-state index contributed by atoms with van der Waals surface area (Å²) in [5.74, 6) is -3.10. The average molecular weight is 538 g/mol. The van der Waals surface area contributed by atoms with Crippen LogP contribution in [0.2, 0.25) is 0 Å². The summed E-state index contributed by atoms with van der Waals surface area (Å²) in [5, 5.41) is 25.9. The lowest BCUT2D eigenvalue weighted by Gasteiger charge is -2.25. The third-order valence-corrected chi connectivity index (χ3v) is 6.34. The number of carboxylic acids is 2. The van der Waals surface area contributed by atoms with E-state index in [0.29, 0.717) is 30.9 Å². The van der Waals surface area contributed by atoms with E-state index < -0.39 is 53.8 Å². The molecule has 0 radical (unpaired) electrons. The molecule has 0 saturated heterocycles. The zero-order chi connectivity index (χ0) is 26.8. The van der Waals surface area contributed by atoms with E-state index >= 15 is 0 Å². The minimum atomic E-state index is -1.17. The van der Waals surface area contributed by atoms with Crippen LogP contribution in [0.1, 0.15) is 44.9 Å². The number of rotatable bonds is 20. The quantitative estimate of drug-likeness (QED) is 0.0969. The van der Waals surface area contributed by atoms with E-state index in [1.54, 1.807) is 0 Å². The van der Waals surface area contributed by atoms with E-state index in [0.717, 1.165) is 0 Å². The molecule has 14 heteroatoms. The van der Waals surface area contributed by atoms with Gasteiger partial charge in [-0.3, -0.25) is 19.2 Å². The van der Waals surface area contributed by atoms with E-state index in [2.05, 4.69) is 16.0 Å². The summed E-state index contributed by atoms with van der Waals surface area (Å²) in [6.45, 7) is 0.397. The van der Waals surface area contributed by atoms with Crippen molar-refractivity contribution in [3.63, 3.8) is 0 Å². The molecule has 0 aliphatic carbocycles. The number of nitrogens with two attached hydrogens (primary N) is 2. The van der Waals surface area contributed by atoms with Crippen LogP contribution in [0.4, 0.5) is 0 Å². The van der Waals surface area contributed by atoms with Gasteiger partial charge in [0.1, 0.15) is 18.1 Å². The summed E-state index contributed by atoms with van der Waals surface area (Å²) in [6, 6.07) is -4.21. The molecule has 12 nitrogen and oxygen atoms in total. The number of hydrogen-bond acceptors (Lipinski definition) is 9. The van der Waals surface area contributed by atoms with Crippen LogP contribution in [-0.2, 0) is 24.0 Å². The van der Waals surface area contributed by atoms with Gasteiger partial charge in [0.25, 0.3) is 0 Å². The van der Waals surface area contributed by atoms with Gasteiger partial charge in [-0.05, 0) is 69.1 Å². The van der Waals surface area contributed by atoms with Gasteiger partial charge in [-0.15, -0.1) is 0 Å². The SMILES string of the molecule is CSCCC(NC(=O)C(CCCCN)NC(=O)C(CCSC)NC(=O)C(N)CCC(=O)O)C(=O)O. The lowest BCUT2D eigenvalue weighted by Crippen LogP contribution is -2.57. The predicted octanol–water partition coefficient (Wildman–Crippen LogP) is -0.647. The second kappa shape index (κ2) is 19.2. The van der Waals surface area contributed by atoms with E-state index in [-0.39, 0.29) is 32.1 Å². The molecule has 0 bridgehead atoms. The van der Waals surface area contributed by atoms with Crippen LogP contribution in [0.25, 0.3) is 0 Å². The van der Waals surface area contributed by atoms with E-state index in [4.69, 9.17) is 16.6 Å². The molecule has 202 valence electrons. The monoisotopic (exact) mass is 537 g/mol. The number of unbranched alkanes of at least 4 members (excludes halogenated alkanes) is 1. The van der Waals surface area contributed by atoms with Crippen molar-refractivity contribution in [1.82, 2.24) is 16.0 Å². The van der Waals surface area contributed by atoms with Gasteiger partial charge in [-0.25, -0.2) is 4.79 Å². The fourth-order valence-corrected chi connectivity index (χ4v) is 3.94. The first-order valence-electron chi connectivity index (χ1n) is 11.4. The Morgan fingerprint density at radius 1 is 0.743 bits per heavy atom. The molecule has 4 unspecified atom stereocenters. The smallest absolute Gasteiger partial charge is 0.326 e. The lowest BCUT2D eigenvalue weighted by atomic mass is 10.1. The zero-order valence-corrected chi connectivity index (χ0v) is 21.9. The number of nitrogens with one attached hydrogen (secondary N) is 3. The Bertz CT molecular complexity index is 699. The number of carbonyl (C=O) groups is 5. The van der Waals surface area contributed by atoms with Crippen molar-refractivity contribution in [2.75, 3.05) is 30.6 Å². The van der Waals surface area contributed by atoms with Crippen LogP contribution in [0, 0.1) is 0 Å². The topological polar surface area (TPSA) is 214 Å². The summed E-state index contributed by atoms with van der Waals surface area (Å²) in [6.07, 6.45) is 5.14. The third kappa shape index (κ3) is 14.9. The Labute approximate surface area is 214 Å². The molecule has 0 heterocycles. The molecule has 0 rings (SSSR count). The Morgan fingerprint density at radius 3 is 1.71 bits per heavy atom. The first-order chi connectivity index (χ1) is 16.6. The molecule has 0 spiro atoms. The first kappa shape index (κ1) is 33.0. The maximum absolute atomic E-state index is 13.0. The van der Waals surface area contributed by atoms with Gasteiger partial charge >= 0.3 is 11.9 Å². The fourth-order valence-electron chi connectivity index (χ4n) is 2.99.